The number of esters is 3. The summed E-state index contributed by atoms with van der Waals surface area (Å²) in [5.74, 6) is -0.949. The number of benzene rings is 3. The second kappa shape index (κ2) is 46.8. The maximum Gasteiger partial charge on any atom is 0.486 e. The van der Waals surface area contributed by atoms with Gasteiger partial charge in [-0.25, -0.2) is 28.0 Å². The summed E-state index contributed by atoms with van der Waals surface area (Å²) in [6.45, 7) is 33.8. The Balaban J connectivity index is 0.000000131. The zero-order valence-electron chi connectivity index (χ0n) is 80.0. The van der Waals surface area contributed by atoms with E-state index in [1.807, 2.05) is 124 Å². The Labute approximate surface area is 837 Å². The van der Waals surface area contributed by atoms with Gasteiger partial charge in [0, 0.05) is 109 Å². The number of hydrogen-bond acceptors (Lipinski definition) is 24. The molecule has 0 radical (unpaired) electrons. The predicted molar refractivity (Wildman–Crippen MR) is 548 cm³/mol. The van der Waals surface area contributed by atoms with Crippen molar-refractivity contribution in [2.45, 2.75) is 222 Å². The van der Waals surface area contributed by atoms with Gasteiger partial charge in [-0.1, -0.05) is 75.8 Å². The van der Waals surface area contributed by atoms with Crippen molar-refractivity contribution in [1.29, 1.82) is 0 Å². The zero-order chi connectivity index (χ0) is 99.1. The van der Waals surface area contributed by atoms with Crippen LogP contribution in [-0.2, 0) is 120 Å². The van der Waals surface area contributed by atoms with E-state index in [-0.39, 0.29) is 77.9 Å². The number of nitrogens with two attached hydrogens (primary N) is 2. The van der Waals surface area contributed by atoms with Gasteiger partial charge in [-0.05, 0) is 268 Å². The quantitative estimate of drug-likeness (QED) is 0.0187. The molecule has 0 spiro atoms. The monoisotopic (exact) mass is 2040 g/mol. The predicted octanol–water partition coefficient (Wildman–Crippen LogP) is 21.4. The molecule has 2 amide bonds. The fourth-order valence-corrected chi connectivity index (χ4v) is 23.7. The molecule has 1 saturated heterocycles. The van der Waals surface area contributed by atoms with E-state index in [1.54, 1.807) is 77.2 Å². The molecular formula is C104H117BBrF2N13O13S5. The van der Waals surface area contributed by atoms with Crippen LogP contribution >= 0.6 is 72.6 Å². The summed E-state index contributed by atoms with van der Waals surface area (Å²) < 4.78 is 64.2. The fourth-order valence-electron chi connectivity index (χ4n) is 17.7. The van der Waals surface area contributed by atoms with Crippen LogP contribution in [0.25, 0.3) is 62.4 Å². The summed E-state index contributed by atoms with van der Waals surface area (Å²) in [4.78, 5) is 94.9. The van der Waals surface area contributed by atoms with E-state index in [1.165, 1.54) is 122 Å². The van der Waals surface area contributed by atoms with Crippen LogP contribution in [0.2, 0.25) is 0 Å². The Bertz CT molecular complexity index is 6590. The molecule has 1 fully saturated rings. The van der Waals surface area contributed by atoms with Crippen LogP contribution in [0.3, 0.4) is 0 Å². The average molecular weight is 2050 g/mol. The highest BCUT2D eigenvalue weighted by Gasteiger charge is 2.50. The molecule has 20 rings (SSSR count). The number of Topliss-reactive ketones (excluding diaryl/α,β-unsaturated/α-hetero) is 1. The van der Waals surface area contributed by atoms with Gasteiger partial charge in [-0.15, -0.1) is 63.3 Å². The zero-order valence-corrected chi connectivity index (χ0v) is 85.7. The van der Waals surface area contributed by atoms with Crippen LogP contribution in [0.15, 0.2) is 158 Å². The molecule has 2 atom stereocenters. The number of carbonyl (C=O) groups excluding carboxylic acids is 6. The summed E-state index contributed by atoms with van der Waals surface area (Å²) in [6, 6.07) is 28.7. The van der Waals surface area contributed by atoms with Gasteiger partial charge < -0.3 is 40.1 Å². The van der Waals surface area contributed by atoms with Gasteiger partial charge in [-0.3, -0.25) is 42.7 Å². The van der Waals surface area contributed by atoms with Crippen molar-refractivity contribution >= 4 is 127 Å². The summed E-state index contributed by atoms with van der Waals surface area (Å²) in [6.07, 6.45) is 25.5. The number of carboxylic acid groups (broad SMARTS) is 1. The number of ketones is 1. The number of thiophene rings is 5. The first-order chi connectivity index (χ1) is 66.9. The normalized spacial score (nSPS) is 15.0. The Kier molecular flexibility index (Phi) is 34.8. The molecule has 35 heteroatoms. The van der Waals surface area contributed by atoms with E-state index in [0.29, 0.717) is 76.3 Å². The van der Waals surface area contributed by atoms with Crippen LogP contribution in [0.1, 0.15) is 235 Å². The lowest BCUT2D eigenvalue weighted by Crippen LogP contribution is -2.41. The first-order valence-corrected chi connectivity index (χ1v) is 52.2. The Morgan fingerprint density at radius 1 is 0.496 bits per heavy atom. The van der Waals surface area contributed by atoms with Crippen molar-refractivity contribution in [3.05, 3.63) is 263 Å². The Hall–Kier alpha value is -11.4. The molecule has 10 aromatic heterocycles. The fraction of sp³-hybridized carbons (Fsp3) is 0.385. The SMILES string of the molecule is C=CB1OC(C)(C)C(C)(C)O1.C=Cc1cnn2c1-c1cc(C(=O)OCC)sc1CCC2.CCOC(=O)c1cc2c(s1)CCCn1ncc(Br)c1-2.CCOC(=O)c1cc2c(s1)CCCn1ncc(CC)c1-2.CCc1cnn2c1-c1cc(C(=O)C[C@H](CN)Cc3cccc(F)c3)sc1CCC2.CCc1cnn2c1-c1cc(C(=O)O)sc1CCC2.N[C@@H](Cc1cccc(F)c1)CN1C(=O)c2ccccc2C1=O. The smallest absolute Gasteiger partial charge is 0.477 e. The summed E-state index contributed by atoms with van der Waals surface area (Å²) in [7, 11) is -0.250. The number of amides is 2. The first-order valence-electron chi connectivity index (χ1n) is 47.3. The molecule has 139 heavy (non-hydrogen) atoms. The van der Waals surface area contributed by atoms with Crippen molar-refractivity contribution in [3.8, 4) is 56.3 Å². The minimum Gasteiger partial charge on any atom is -0.477 e. The van der Waals surface area contributed by atoms with E-state index >= 15 is 0 Å². The lowest BCUT2D eigenvalue weighted by atomic mass is 9.90. The highest BCUT2D eigenvalue weighted by atomic mass is 79.9. The number of aromatic nitrogens is 10. The minimum absolute atomic E-state index is 0.00272. The molecule has 0 aliphatic carbocycles. The highest BCUT2D eigenvalue weighted by Crippen LogP contribution is 2.45. The highest BCUT2D eigenvalue weighted by molar-refractivity contribution is 9.10. The molecule has 3 aromatic carbocycles. The van der Waals surface area contributed by atoms with Crippen LogP contribution in [0.5, 0.6) is 0 Å². The van der Waals surface area contributed by atoms with Gasteiger partial charge >= 0.3 is 31.0 Å². The molecule has 5 N–H and O–H groups in total. The van der Waals surface area contributed by atoms with E-state index in [2.05, 4.69) is 90.8 Å². The molecule has 13 aromatic rings. The molecule has 7 aliphatic rings. The number of hydrogen-bond donors (Lipinski definition) is 3. The van der Waals surface area contributed by atoms with Gasteiger partial charge in [-0.2, -0.15) is 25.5 Å². The average Bonchev–Trinajstić information content (AvgIpc) is 1.63. The van der Waals surface area contributed by atoms with E-state index in [4.69, 9.17) is 40.1 Å². The Morgan fingerprint density at radius 3 is 1.24 bits per heavy atom. The second-order valence-corrected chi connectivity index (χ2v) is 41.8. The van der Waals surface area contributed by atoms with Gasteiger partial charge in [0.25, 0.3) is 11.8 Å². The molecule has 730 valence electrons. The standard InChI is InChI=1S/C23H26FN3OS.C17H15FN2O2.C15H18N2O2S.C15H16N2O2S.C13H13BrN2O2S.C13H14N2O2S.C8H15BO2/c1-2-17-14-26-27-8-4-7-21-19(23(17)27)12-22(29-21)20(28)11-16(13-25)9-15-5-3-6-18(24)10-15;18-12-5-3-4-11(8-12)9-13(19)10-20-16(21)14-6-1-2-7-15(14)17(20)22;2*1-3-10-9-16-17-7-5-6-12-11(14(10)17)8-13(20-12)15(18)19-4-2;1-2-18-13(17)11-6-8-10(19-11)4-3-5-16-12(8)9(14)7-15-16;1-2-8-7-14-15-5-3-4-10-9(12(8)15)6-11(18-10)13(16)17;1-6-9-10-7(2,3)8(4,5)11-9/h3,5-6,10,12,14,16H,2,4,7-9,11,13,25H2,1H3;1-8,13H,9-10,19H2;8-9H,3-7H2,1-2H3;3,8-9H,1,4-7H2,2H3;6-7H,2-5H2,1H3;6-7H,2-5H2,1H3,(H,16,17);6H,1H2,2-5H3/t16-;13-;;;;;/m10...../s1. The van der Waals surface area contributed by atoms with Crippen molar-refractivity contribution in [3.63, 3.8) is 0 Å². The number of carboxylic acids is 1. The van der Waals surface area contributed by atoms with Crippen LogP contribution in [0.4, 0.5) is 8.78 Å². The van der Waals surface area contributed by atoms with Gasteiger partial charge in [0.2, 0.25) is 0 Å². The van der Waals surface area contributed by atoms with Crippen molar-refractivity contribution < 1.29 is 71.0 Å². The van der Waals surface area contributed by atoms with Crippen LogP contribution in [0, 0.1) is 17.6 Å². The lowest BCUT2D eigenvalue weighted by Gasteiger charge is -2.32. The first kappa shape index (κ1) is 103. The van der Waals surface area contributed by atoms with E-state index in [0.717, 1.165) is 181 Å². The molecule has 0 unspecified atom stereocenters. The van der Waals surface area contributed by atoms with Gasteiger partial charge in [0.1, 0.15) is 31.1 Å². The molecule has 0 saturated carbocycles. The number of nitrogens with zero attached hydrogens (tertiary/aromatic N) is 11. The molecular weight excluding hydrogens is 1930 g/mol. The summed E-state index contributed by atoms with van der Waals surface area (Å²) >= 11 is 11.2. The molecule has 17 heterocycles. The number of halogens is 3. The van der Waals surface area contributed by atoms with E-state index < -0.39 is 12.0 Å². The van der Waals surface area contributed by atoms with Crippen molar-refractivity contribution in [1.82, 2.24) is 53.8 Å². The Morgan fingerprint density at radius 2 is 0.856 bits per heavy atom. The number of rotatable bonds is 22. The maximum absolute atomic E-state index is 13.5. The van der Waals surface area contributed by atoms with Crippen LogP contribution in [-0.4, -0.2) is 158 Å². The second-order valence-electron chi connectivity index (χ2n) is 35.2. The van der Waals surface area contributed by atoms with E-state index in [9.17, 15) is 42.3 Å². The minimum atomic E-state index is -0.836. The number of imide groups is 1. The molecule has 26 nitrogen and oxygen atoms in total. The van der Waals surface area contributed by atoms with Gasteiger partial charge in [0.15, 0.2) is 5.78 Å². The van der Waals surface area contributed by atoms with Crippen molar-refractivity contribution in [2.24, 2.45) is 17.4 Å². The van der Waals surface area contributed by atoms with Crippen LogP contribution < -0.4 is 11.5 Å². The molecule has 7 aliphatic heterocycles. The van der Waals surface area contributed by atoms with Gasteiger partial charge in [0.05, 0.1) is 111 Å². The number of aryl methyl sites for hydroxylation is 13. The number of carbonyl (C=O) groups is 7. The number of ether oxygens (including phenoxy) is 3. The number of aromatic carboxylic acids is 1. The topological polar surface area (TPSA) is 330 Å². The maximum atomic E-state index is 13.5. The summed E-state index contributed by atoms with van der Waals surface area (Å²) in [5, 5.41) is 31.3. The number of fused-ring (bicyclic) bond motifs is 16. The lowest BCUT2D eigenvalue weighted by molar-refractivity contribution is 0.00578. The third kappa shape index (κ3) is 23.9. The largest absolute Gasteiger partial charge is 0.486 e. The third-order valence-electron chi connectivity index (χ3n) is 25.2. The van der Waals surface area contributed by atoms with Crippen molar-refractivity contribution in [2.75, 3.05) is 32.9 Å². The third-order valence-corrected chi connectivity index (χ3v) is 31.8. The summed E-state index contributed by atoms with van der Waals surface area (Å²) in [5.41, 5.74) is 29.9. The molecule has 0 bridgehead atoms.